The Hall–Kier alpha value is -0.930. The maximum atomic E-state index is 11.6. The molecule has 0 heterocycles. The van der Waals surface area contributed by atoms with Gasteiger partial charge in [0.15, 0.2) is 0 Å². The van der Waals surface area contributed by atoms with Gasteiger partial charge in [-0.2, -0.15) is 0 Å². The highest BCUT2D eigenvalue weighted by Gasteiger charge is 2.17. The molecule has 3 heteroatoms. The maximum absolute atomic E-state index is 11.6. The molecule has 0 spiro atoms. The van der Waals surface area contributed by atoms with Gasteiger partial charge in [-0.1, -0.05) is 42.5 Å². The van der Waals surface area contributed by atoms with Gasteiger partial charge in [0, 0.05) is 6.54 Å². The number of rotatable bonds is 4. The van der Waals surface area contributed by atoms with Crippen LogP contribution in [0.5, 0.6) is 0 Å². The summed E-state index contributed by atoms with van der Waals surface area (Å²) < 4.78 is 14.4. The lowest BCUT2D eigenvalue weighted by atomic mass is 10.2. The van der Waals surface area contributed by atoms with E-state index in [9.17, 15) is 4.21 Å². The van der Waals surface area contributed by atoms with Crippen molar-refractivity contribution in [3.05, 3.63) is 42.0 Å². The lowest BCUT2D eigenvalue weighted by Crippen LogP contribution is -2.33. The molecule has 16 heavy (non-hydrogen) atoms. The summed E-state index contributed by atoms with van der Waals surface area (Å²) in [6, 6.07) is 10.1. The molecule has 1 atom stereocenters. The Morgan fingerprint density at radius 1 is 1.25 bits per heavy atom. The molecule has 0 aromatic heterocycles. The molecule has 0 amide bonds. The van der Waals surface area contributed by atoms with Gasteiger partial charge < -0.3 is 0 Å². The maximum Gasteiger partial charge on any atom is 0.0973 e. The Labute approximate surface area is 100 Å². The predicted octanol–water partition coefficient (Wildman–Crippen LogP) is 2.75. The smallest absolute Gasteiger partial charge is 0.0973 e. The number of nitrogens with one attached hydrogen (secondary N) is 1. The minimum absolute atomic E-state index is 0.208. The van der Waals surface area contributed by atoms with E-state index >= 15 is 0 Å². The van der Waals surface area contributed by atoms with Crippen LogP contribution in [0.2, 0.25) is 0 Å². The van der Waals surface area contributed by atoms with Gasteiger partial charge in [0.25, 0.3) is 0 Å². The molecule has 2 nitrogen and oxygen atoms in total. The largest absolute Gasteiger partial charge is 0.242 e. The van der Waals surface area contributed by atoms with Crippen LogP contribution >= 0.6 is 0 Å². The highest BCUT2D eigenvalue weighted by atomic mass is 32.2. The molecular weight excluding hydrogens is 218 g/mol. The summed E-state index contributed by atoms with van der Waals surface area (Å²) in [5, 5.41) is 0. The van der Waals surface area contributed by atoms with Gasteiger partial charge in [-0.05, 0) is 26.3 Å². The van der Waals surface area contributed by atoms with E-state index in [0.717, 1.165) is 5.56 Å². The number of benzene rings is 1. The van der Waals surface area contributed by atoms with Gasteiger partial charge in [0.2, 0.25) is 0 Å². The molecule has 1 unspecified atom stereocenters. The molecule has 0 aliphatic rings. The minimum Gasteiger partial charge on any atom is -0.242 e. The number of hydrogen-bond acceptors (Lipinski definition) is 1. The van der Waals surface area contributed by atoms with Crippen molar-refractivity contribution in [2.45, 2.75) is 25.5 Å². The summed E-state index contributed by atoms with van der Waals surface area (Å²) in [6.07, 6.45) is 4.01. The van der Waals surface area contributed by atoms with Gasteiger partial charge in [0.1, 0.15) is 0 Å². The third-order valence-corrected chi connectivity index (χ3v) is 3.54. The van der Waals surface area contributed by atoms with Crippen LogP contribution in [-0.4, -0.2) is 15.5 Å². The van der Waals surface area contributed by atoms with E-state index in [4.69, 9.17) is 0 Å². The SMILES string of the molecule is CC(C)(C)S(=O)NCC=Cc1ccccc1. The first-order valence-corrected chi connectivity index (χ1v) is 6.52. The first-order valence-electron chi connectivity index (χ1n) is 5.37. The molecule has 0 radical (unpaired) electrons. The zero-order valence-electron chi connectivity index (χ0n) is 10.1. The molecule has 0 fully saturated rings. The fourth-order valence-corrected chi connectivity index (χ4v) is 1.78. The second-order valence-electron chi connectivity index (χ2n) is 4.54. The highest BCUT2D eigenvalue weighted by molar-refractivity contribution is 7.84. The van der Waals surface area contributed by atoms with Gasteiger partial charge in [-0.25, -0.2) is 8.93 Å². The van der Waals surface area contributed by atoms with E-state index in [1.807, 2.05) is 63.3 Å². The molecular formula is C13H19NOS. The first kappa shape index (κ1) is 13.1. The summed E-state index contributed by atoms with van der Waals surface area (Å²) in [4.78, 5) is 0. The summed E-state index contributed by atoms with van der Waals surface area (Å²) >= 11 is 0. The molecule has 0 saturated heterocycles. The van der Waals surface area contributed by atoms with Crippen LogP contribution in [0.25, 0.3) is 6.08 Å². The van der Waals surface area contributed by atoms with Crippen molar-refractivity contribution in [1.29, 1.82) is 0 Å². The van der Waals surface area contributed by atoms with Crippen LogP contribution in [0.1, 0.15) is 26.3 Å². The molecule has 0 saturated carbocycles. The Morgan fingerprint density at radius 3 is 2.44 bits per heavy atom. The van der Waals surface area contributed by atoms with Crippen molar-refractivity contribution in [2.75, 3.05) is 6.54 Å². The van der Waals surface area contributed by atoms with Crippen LogP contribution in [0.4, 0.5) is 0 Å². The lowest BCUT2D eigenvalue weighted by Gasteiger charge is -2.17. The van der Waals surface area contributed by atoms with Crippen molar-refractivity contribution < 1.29 is 4.21 Å². The number of hydrogen-bond donors (Lipinski definition) is 1. The van der Waals surface area contributed by atoms with Crippen molar-refractivity contribution in [2.24, 2.45) is 0 Å². The van der Waals surface area contributed by atoms with Gasteiger partial charge in [-0.3, -0.25) is 0 Å². The van der Waals surface area contributed by atoms with Crippen LogP contribution in [0.15, 0.2) is 36.4 Å². The molecule has 1 N–H and O–H groups in total. The summed E-state index contributed by atoms with van der Waals surface area (Å²) in [5.41, 5.74) is 1.16. The van der Waals surface area contributed by atoms with E-state index in [1.165, 1.54) is 0 Å². The zero-order valence-corrected chi connectivity index (χ0v) is 10.9. The summed E-state index contributed by atoms with van der Waals surface area (Å²) in [5.74, 6) is 0. The lowest BCUT2D eigenvalue weighted by molar-refractivity contribution is 0.639. The molecule has 1 rings (SSSR count). The van der Waals surface area contributed by atoms with E-state index < -0.39 is 11.0 Å². The van der Waals surface area contributed by atoms with E-state index in [1.54, 1.807) is 0 Å². The average molecular weight is 237 g/mol. The average Bonchev–Trinajstić information content (AvgIpc) is 2.24. The van der Waals surface area contributed by atoms with Gasteiger partial charge >= 0.3 is 0 Å². The van der Waals surface area contributed by atoms with E-state index in [-0.39, 0.29) is 4.75 Å². The minimum atomic E-state index is -0.996. The summed E-state index contributed by atoms with van der Waals surface area (Å²) in [7, 11) is -0.996. The van der Waals surface area contributed by atoms with Crippen molar-refractivity contribution >= 4 is 17.1 Å². The molecule has 1 aromatic carbocycles. The molecule has 0 aliphatic heterocycles. The normalized spacial score (nSPS) is 14.2. The second-order valence-corrected chi connectivity index (χ2v) is 6.59. The monoisotopic (exact) mass is 237 g/mol. The predicted molar refractivity (Wildman–Crippen MR) is 71.4 cm³/mol. The van der Waals surface area contributed by atoms with Crippen LogP contribution in [0, 0.1) is 0 Å². The Morgan fingerprint density at radius 2 is 1.88 bits per heavy atom. The first-order chi connectivity index (χ1) is 7.50. The topological polar surface area (TPSA) is 29.1 Å². The molecule has 88 valence electrons. The fraction of sp³-hybridized carbons (Fsp3) is 0.385. The Kier molecular flexibility index (Phi) is 4.90. The second kappa shape index (κ2) is 5.97. The zero-order chi connectivity index (χ0) is 12.0. The Bertz CT molecular complexity index is 365. The molecule has 0 aliphatic carbocycles. The van der Waals surface area contributed by atoms with Crippen LogP contribution in [0.3, 0.4) is 0 Å². The van der Waals surface area contributed by atoms with Gasteiger partial charge in [-0.15, -0.1) is 0 Å². The van der Waals surface area contributed by atoms with Crippen molar-refractivity contribution in [3.8, 4) is 0 Å². The van der Waals surface area contributed by atoms with Gasteiger partial charge in [0.05, 0.1) is 15.7 Å². The molecule has 0 bridgehead atoms. The Balaban J connectivity index is 2.37. The van der Waals surface area contributed by atoms with E-state index in [2.05, 4.69) is 4.72 Å². The van der Waals surface area contributed by atoms with E-state index in [0.29, 0.717) is 6.54 Å². The van der Waals surface area contributed by atoms with Crippen LogP contribution < -0.4 is 4.72 Å². The third kappa shape index (κ3) is 4.73. The standard InChI is InChI=1S/C13H19NOS/c1-13(2,3)16(15)14-11-7-10-12-8-5-4-6-9-12/h4-10,14H,11H2,1-3H3. The van der Waals surface area contributed by atoms with Crippen molar-refractivity contribution in [3.63, 3.8) is 0 Å². The third-order valence-electron chi connectivity index (χ3n) is 2.00. The van der Waals surface area contributed by atoms with Crippen LogP contribution in [-0.2, 0) is 11.0 Å². The highest BCUT2D eigenvalue weighted by Crippen LogP contribution is 2.08. The fourth-order valence-electron chi connectivity index (χ4n) is 1.10. The molecule has 1 aromatic rings. The summed E-state index contributed by atoms with van der Waals surface area (Å²) in [6.45, 7) is 6.49. The van der Waals surface area contributed by atoms with Crippen molar-refractivity contribution in [1.82, 2.24) is 4.72 Å². The quantitative estimate of drug-likeness (QED) is 0.857.